The molecule has 1 aromatic heterocycles. The number of hydrazine groups is 1. The third-order valence-corrected chi connectivity index (χ3v) is 6.42. The molecular weight excluding hydrogens is 440 g/mol. The van der Waals surface area contributed by atoms with Crippen molar-refractivity contribution in [2.24, 2.45) is 5.92 Å². The minimum atomic E-state index is -0.684. The molecule has 2 aliphatic heterocycles. The molecule has 2 aliphatic carbocycles. The second kappa shape index (κ2) is 6.69. The summed E-state index contributed by atoms with van der Waals surface area (Å²) in [6, 6.07) is 6.09. The number of halogens is 1. The molecule has 6 rings (SSSR count). The summed E-state index contributed by atoms with van der Waals surface area (Å²) in [5, 5.41) is 0. The van der Waals surface area contributed by atoms with Gasteiger partial charge in [0.1, 0.15) is 11.5 Å². The molecule has 0 saturated heterocycles. The maximum Gasteiger partial charge on any atom is 0.359 e. The molecule has 8 nitrogen and oxygen atoms in total. The topological polar surface area (TPSA) is 102 Å². The zero-order chi connectivity index (χ0) is 20.3. The van der Waals surface area contributed by atoms with Crippen molar-refractivity contribution in [2.75, 3.05) is 7.11 Å². The molecule has 0 radical (unpaired) electrons. The number of methoxy groups -OCH3 is 1. The monoisotopic (exact) mass is 458 g/mol. The number of amides is 2. The van der Waals surface area contributed by atoms with E-state index in [0.29, 0.717) is 11.7 Å². The number of nitrogens with zero attached hydrogens (tertiary/aromatic N) is 2. The van der Waals surface area contributed by atoms with E-state index in [9.17, 15) is 14.4 Å². The smallest absolute Gasteiger partial charge is 0.359 e. The molecule has 3 heterocycles. The molecular formula is C20H19BrN4O4. The summed E-state index contributed by atoms with van der Waals surface area (Å²) in [4.78, 5) is 41.9. The van der Waals surface area contributed by atoms with Crippen LogP contribution in [0.25, 0.3) is 11.4 Å². The first-order valence-electron chi connectivity index (χ1n) is 9.58. The van der Waals surface area contributed by atoms with E-state index in [1.165, 1.54) is 12.7 Å². The summed E-state index contributed by atoms with van der Waals surface area (Å²) in [7, 11) is 1.26. The van der Waals surface area contributed by atoms with Gasteiger partial charge < -0.3 is 9.30 Å². The Morgan fingerprint density at radius 2 is 1.97 bits per heavy atom. The Kier molecular flexibility index (Phi) is 4.23. The number of benzene rings is 1. The average molecular weight is 459 g/mol. The second-order valence-electron chi connectivity index (χ2n) is 7.77. The van der Waals surface area contributed by atoms with Gasteiger partial charge in [-0.1, -0.05) is 22.0 Å². The van der Waals surface area contributed by atoms with Crippen molar-refractivity contribution in [2.45, 2.75) is 37.6 Å². The second-order valence-corrected chi connectivity index (χ2v) is 8.68. The van der Waals surface area contributed by atoms with Gasteiger partial charge in [0.25, 0.3) is 5.91 Å². The van der Waals surface area contributed by atoms with Crippen LogP contribution in [-0.2, 0) is 9.53 Å². The summed E-state index contributed by atoms with van der Waals surface area (Å²) in [6.45, 7) is 0. The third-order valence-electron chi connectivity index (χ3n) is 5.93. The first kappa shape index (κ1) is 18.4. The van der Waals surface area contributed by atoms with E-state index in [-0.39, 0.29) is 29.3 Å². The SMILES string of the molecule is COC(=O)c1nc2n(c1C(=O)NNC(=O)C1CC1)C1CC(C1)c1ccc(Br)cc1-2. The van der Waals surface area contributed by atoms with Gasteiger partial charge in [-0.2, -0.15) is 0 Å². The summed E-state index contributed by atoms with van der Waals surface area (Å²) in [5.41, 5.74) is 7.05. The van der Waals surface area contributed by atoms with E-state index >= 15 is 0 Å². The molecule has 2 amide bonds. The fourth-order valence-corrected chi connectivity index (χ4v) is 4.55. The lowest BCUT2D eigenvalue weighted by atomic mass is 9.75. The van der Waals surface area contributed by atoms with E-state index in [1.807, 2.05) is 16.7 Å². The highest BCUT2D eigenvalue weighted by molar-refractivity contribution is 9.10. The molecule has 2 N–H and O–H groups in total. The molecule has 2 fully saturated rings. The van der Waals surface area contributed by atoms with Gasteiger partial charge in [-0.05, 0) is 49.3 Å². The number of rotatable bonds is 3. The Morgan fingerprint density at radius 1 is 1.21 bits per heavy atom. The lowest BCUT2D eigenvalue weighted by molar-refractivity contribution is -0.123. The van der Waals surface area contributed by atoms with Gasteiger partial charge in [0.2, 0.25) is 5.91 Å². The highest BCUT2D eigenvalue weighted by Crippen LogP contribution is 2.53. The summed E-state index contributed by atoms with van der Waals surface area (Å²) >= 11 is 3.50. The number of ether oxygens (including phenoxy) is 1. The number of esters is 1. The standard InChI is InChI=1S/C20H19BrN4O4/c1-29-20(28)15-16(19(27)24-23-18(26)9-2-3-9)25-12-6-10(7-12)13-5-4-11(21)8-14(13)17(25)22-15/h4-5,8-10,12H,2-3,6-7H2,1H3,(H,23,26)(H,24,27). The van der Waals surface area contributed by atoms with Crippen molar-refractivity contribution in [3.05, 3.63) is 39.6 Å². The van der Waals surface area contributed by atoms with Crippen molar-refractivity contribution < 1.29 is 19.1 Å². The van der Waals surface area contributed by atoms with Gasteiger partial charge in [-0.3, -0.25) is 20.4 Å². The van der Waals surface area contributed by atoms with Crippen LogP contribution in [0.2, 0.25) is 0 Å². The van der Waals surface area contributed by atoms with Crippen molar-refractivity contribution in [1.82, 2.24) is 20.4 Å². The van der Waals surface area contributed by atoms with Crippen LogP contribution < -0.4 is 10.9 Å². The molecule has 29 heavy (non-hydrogen) atoms. The average Bonchev–Trinajstić information content (AvgIpc) is 3.48. The van der Waals surface area contributed by atoms with Crippen LogP contribution in [-0.4, -0.2) is 34.4 Å². The van der Waals surface area contributed by atoms with E-state index in [4.69, 9.17) is 4.74 Å². The zero-order valence-electron chi connectivity index (χ0n) is 15.7. The minimum Gasteiger partial charge on any atom is -0.464 e. The van der Waals surface area contributed by atoms with Crippen molar-refractivity contribution in [1.29, 1.82) is 0 Å². The highest BCUT2D eigenvalue weighted by atomic mass is 79.9. The minimum absolute atomic E-state index is 0.0445. The van der Waals surface area contributed by atoms with Gasteiger partial charge in [0, 0.05) is 22.0 Å². The van der Waals surface area contributed by atoms with Crippen LogP contribution in [0.4, 0.5) is 0 Å². The Hall–Kier alpha value is -2.68. The molecule has 150 valence electrons. The number of nitrogens with one attached hydrogen (secondary N) is 2. The third kappa shape index (κ3) is 2.95. The first-order chi connectivity index (χ1) is 14.0. The molecule has 2 aromatic rings. The summed E-state index contributed by atoms with van der Waals surface area (Å²) in [6.07, 6.45) is 3.39. The van der Waals surface area contributed by atoms with Crippen LogP contribution in [0.15, 0.2) is 22.7 Å². The summed E-state index contributed by atoms with van der Waals surface area (Å²) < 4.78 is 7.61. The number of carbonyl (C=O) groups excluding carboxylic acids is 3. The lowest BCUT2D eigenvalue weighted by Crippen LogP contribution is -2.44. The van der Waals surface area contributed by atoms with Crippen molar-refractivity contribution in [3.8, 4) is 11.4 Å². The number of imidazole rings is 1. The van der Waals surface area contributed by atoms with Gasteiger partial charge in [-0.15, -0.1) is 0 Å². The fourth-order valence-electron chi connectivity index (χ4n) is 4.19. The summed E-state index contributed by atoms with van der Waals surface area (Å²) in [5.74, 6) is -0.542. The molecule has 2 saturated carbocycles. The maximum atomic E-state index is 13.0. The highest BCUT2D eigenvalue weighted by Gasteiger charge is 2.43. The number of carbonyl (C=O) groups is 3. The van der Waals surface area contributed by atoms with Crippen LogP contribution in [0.1, 0.15) is 64.2 Å². The van der Waals surface area contributed by atoms with E-state index in [0.717, 1.165) is 35.7 Å². The maximum absolute atomic E-state index is 13.0. The Balaban J connectivity index is 1.60. The molecule has 0 unspecified atom stereocenters. The molecule has 1 aromatic carbocycles. The Labute approximate surface area is 175 Å². The van der Waals surface area contributed by atoms with Crippen LogP contribution in [0.5, 0.6) is 0 Å². The van der Waals surface area contributed by atoms with Crippen LogP contribution in [0.3, 0.4) is 0 Å². The van der Waals surface area contributed by atoms with Gasteiger partial charge >= 0.3 is 5.97 Å². The van der Waals surface area contributed by atoms with Gasteiger partial charge in [-0.25, -0.2) is 9.78 Å². The number of hydrogen-bond acceptors (Lipinski definition) is 5. The number of aromatic nitrogens is 2. The predicted molar refractivity (Wildman–Crippen MR) is 106 cm³/mol. The Bertz CT molecular complexity index is 1050. The number of hydrogen-bond donors (Lipinski definition) is 2. The van der Waals surface area contributed by atoms with Crippen LogP contribution in [0, 0.1) is 5.92 Å². The zero-order valence-corrected chi connectivity index (χ0v) is 17.3. The van der Waals surface area contributed by atoms with E-state index < -0.39 is 11.9 Å². The van der Waals surface area contributed by atoms with Crippen LogP contribution >= 0.6 is 15.9 Å². The van der Waals surface area contributed by atoms with Crippen molar-refractivity contribution >= 4 is 33.7 Å². The fraction of sp³-hybridized carbons (Fsp3) is 0.400. The molecule has 2 bridgehead atoms. The molecule has 9 heteroatoms. The molecule has 4 aliphatic rings. The van der Waals surface area contributed by atoms with Gasteiger partial charge in [0.15, 0.2) is 5.69 Å². The van der Waals surface area contributed by atoms with Gasteiger partial charge in [0.05, 0.1) is 7.11 Å². The molecule has 0 atom stereocenters. The Morgan fingerprint density at radius 3 is 2.66 bits per heavy atom. The predicted octanol–water partition coefficient (Wildman–Crippen LogP) is 2.70. The normalized spacial score (nSPS) is 21.2. The van der Waals surface area contributed by atoms with E-state index in [1.54, 1.807) is 0 Å². The van der Waals surface area contributed by atoms with Crippen molar-refractivity contribution in [3.63, 3.8) is 0 Å². The largest absolute Gasteiger partial charge is 0.464 e. The lowest BCUT2D eigenvalue weighted by Gasteiger charge is -2.35. The first-order valence-corrected chi connectivity index (χ1v) is 10.4. The quantitative estimate of drug-likeness (QED) is 0.543. The molecule has 0 spiro atoms. The van der Waals surface area contributed by atoms with E-state index in [2.05, 4.69) is 37.8 Å².